The third kappa shape index (κ3) is 5.50. The lowest BCUT2D eigenvalue weighted by atomic mass is 10.0. The molecule has 9 nitrogen and oxygen atoms in total. The number of amides is 1. The summed E-state index contributed by atoms with van der Waals surface area (Å²) in [6.07, 6.45) is 3.63. The molecule has 2 N–H and O–H groups in total. The van der Waals surface area contributed by atoms with Gasteiger partial charge in [-0.25, -0.2) is 9.37 Å². The highest BCUT2D eigenvalue weighted by atomic mass is 35.5. The summed E-state index contributed by atoms with van der Waals surface area (Å²) in [5.74, 6) is 0.296. The maximum absolute atomic E-state index is 14.0. The summed E-state index contributed by atoms with van der Waals surface area (Å²) in [6.45, 7) is 2.01. The lowest BCUT2D eigenvalue weighted by Gasteiger charge is -2.35. The van der Waals surface area contributed by atoms with Gasteiger partial charge in [0.2, 0.25) is 11.9 Å². The molecular formula is C26H28ClFN8O. The summed E-state index contributed by atoms with van der Waals surface area (Å²) >= 11 is 5.63. The van der Waals surface area contributed by atoms with Gasteiger partial charge in [-0.05, 0) is 69.4 Å². The van der Waals surface area contributed by atoms with Crippen LogP contribution in [0.25, 0.3) is 16.9 Å². The molecule has 0 aliphatic carbocycles. The Kier molecular flexibility index (Phi) is 7.20. The molecule has 0 atom stereocenters. The smallest absolute Gasteiger partial charge is 0.239 e. The SMILES string of the molecule is CN1CCC(N(C)c2nc(Nc3cccc(NC(=O)CCl)c3)c3ncn(-c4cccc(F)c4)c3n2)CC1. The predicted molar refractivity (Wildman–Crippen MR) is 145 cm³/mol. The van der Waals surface area contributed by atoms with E-state index in [1.165, 1.54) is 12.1 Å². The molecule has 1 amide bonds. The third-order valence-electron chi connectivity index (χ3n) is 6.55. The van der Waals surface area contributed by atoms with Crippen molar-refractivity contribution >= 4 is 51.8 Å². The molecule has 0 radical (unpaired) electrons. The number of piperidine rings is 1. The Balaban J connectivity index is 1.56. The van der Waals surface area contributed by atoms with Gasteiger partial charge in [0.15, 0.2) is 17.0 Å². The average molecular weight is 523 g/mol. The highest BCUT2D eigenvalue weighted by molar-refractivity contribution is 6.29. The molecule has 11 heteroatoms. The summed E-state index contributed by atoms with van der Waals surface area (Å²) in [5, 5.41) is 6.09. The second-order valence-electron chi connectivity index (χ2n) is 9.17. The maximum atomic E-state index is 14.0. The number of nitrogens with zero attached hydrogens (tertiary/aromatic N) is 6. The summed E-state index contributed by atoms with van der Waals surface area (Å²) in [5.41, 5.74) is 3.03. The molecule has 0 bridgehead atoms. The van der Waals surface area contributed by atoms with E-state index in [9.17, 15) is 9.18 Å². The van der Waals surface area contributed by atoms with E-state index in [1.807, 2.05) is 25.2 Å². The highest BCUT2D eigenvalue weighted by Crippen LogP contribution is 2.29. The van der Waals surface area contributed by atoms with Crippen LogP contribution in [-0.4, -0.2) is 69.4 Å². The topological polar surface area (TPSA) is 91.2 Å². The molecule has 5 rings (SSSR count). The molecule has 1 fully saturated rings. The first-order valence-electron chi connectivity index (χ1n) is 12.1. The number of hydrogen-bond acceptors (Lipinski definition) is 7. The number of anilines is 4. The molecule has 4 aromatic rings. The van der Waals surface area contributed by atoms with E-state index in [4.69, 9.17) is 21.6 Å². The number of carbonyl (C=O) groups excluding carboxylic acids is 1. The minimum absolute atomic E-state index is 0.131. The molecule has 0 unspecified atom stereocenters. The molecule has 1 aliphatic heterocycles. The van der Waals surface area contributed by atoms with Crippen molar-refractivity contribution in [1.29, 1.82) is 0 Å². The minimum atomic E-state index is -0.341. The second-order valence-corrected chi connectivity index (χ2v) is 9.44. The lowest BCUT2D eigenvalue weighted by molar-refractivity contribution is -0.113. The largest absolute Gasteiger partial charge is 0.341 e. The lowest BCUT2D eigenvalue weighted by Crippen LogP contribution is -2.42. The minimum Gasteiger partial charge on any atom is -0.341 e. The van der Waals surface area contributed by atoms with Crippen LogP contribution >= 0.6 is 11.6 Å². The summed E-state index contributed by atoms with van der Waals surface area (Å²) < 4.78 is 15.8. The van der Waals surface area contributed by atoms with Gasteiger partial charge in [0.1, 0.15) is 18.0 Å². The number of hydrogen-bond donors (Lipinski definition) is 2. The number of benzene rings is 2. The molecule has 37 heavy (non-hydrogen) atoms. The van der Waals surface area contributed by atoms with E-state index in [1.54, 1.807) is 29.1 Å². The standard InChI is InChI=1S/C26H28ClFN8O/c1-34-11-9-20(10-12-34)35(2)26-32-24(31-19-7-4-6-18(14-19)30-22(37)15-27)23-25(33-26)36(16-29-23)21-8-3-5-17(28)13-21/h3-8,13-14,16,20H,9-12,15H2,1-2H3,(H,30,37)(H,31,32,33). The van der Waals surface area contributed by atoms with E-state index in [-0.39, 0.29) is 17.6 Å². The number of nitrogens with one attached hydrogen (secondary N) is 2. The quantitative estimate of drug-likeness (QED) is 0.347. The first kappa shape index (κ1) is 24.9. The van der Waals surface area contributed by atoms with Crippen LogP contribution in [0, 0.1) is 5.82 Å². The fraction of sp³-hybridized carbons (Fsp3) is 0.308. The van der Waals surface area contributed by atoms with Gasteiger partial charge in [-0.1, -0.05) is 12.1 Å². The molecule has 1 aliphatic rings. The predicted octanol–water partition coefficient (Wildman–Crippen LogP) is 4.41. The van der Waals surface area contributed by atoms with Gasteiger partial charge in [-0.15, -0.1) is 11.6 Å². The summed E-state index contributed by atoms with van der Waals surface area (Å²) in [4.78, 5) is 30.5. The van der Waals surface area contributed by atoms with Gasteiger partial charge in [-0.3, -0.25) is 9.36 Å². The molecule has 2 aromatic heterocycles. The zero-order valence-corrected chi connectivity index (χ0v) is 21.4. The van der Waals surface area contributed by atoms with Crippen LogP contribution in [-0.2, 0) is 4.79 Å². The molecule has 0 spiro atoms. The van der Waals surface area contributed by atoms with Gasteiger partial charge in [0.25, 0.3) is 0 Å². The van der Waals surface area contributed by atoms with E-state index in [2.05, 4.69) is 32.5 Å². The highest BCUT2D eigenvalue weighted by Gasteiger charge is 2.24. The van der Waals surface area contributed by atoms with Crippen molar-refractivity contribution < 1.29 is 9.18 Å². The van der Waals surface area contributed by atoms with E-state index < -0.39 is 0 Å². The molecule has 3 heterocycles. The Morgan fingerprint density at radius 3 is 2.65 bits per heavy atom. The van der Waals surface area contributed by atoms with Crippen molar-refractivity contribution in [2.24, 2.45) is 0 Å². The average Bonchev–Trinajstić information content (AvgIpc) is 3.33. The van der Waals surface area contributed by atoms with E-state index >= 15 is 0 Å². The summed E-state index contributed by atoms with van der Waals surface area (Å²) in [6, 6.07) is 13.9. The number of imidazole rings is 1. The monoisotopic (exact) mass is 522 g/mol. The van der Waals surface area contributed by atoms with Crippen molar-refractivity contribution in [3.8, 4) is 5.69 Å². The van der Waals surface area contributed by atoms with Gasteiger partial charge >= 0.3 is 0 Å². The van der Waals surface area contributed by atoms with Crippen LogP contribution in [0.5, 0.6) is 0 Å². The van der Waals surface area contributed by atoms with Gasteiger partial charge < -0.3 is 20.4 Å². The fourth-order valence-corrected chi connectivity index (χ4v) is 4.57. The van der Waals surface area contributed by atoms with Crippen LogP contribution in [0.1, 0.15) is 12.8 Å². The molecular weight excluding hydrogens is 495 g/mol. The number of alkyl halides is 1. The van der Waals surface area contributed by atoms with Crippen molar-refractivity contribution in [3.63, 3.8) is 0 Å². The Morgan fingerprint density at radius 2 is 1.89 bits per heavy atom. The number of likely N-dealkylation sites (tertiary alicyclic amines) is 1. The summed E-state index contributed by atoms with van der Waals surface area (Å²) in [7, 11) is 4.13. The van der Waals surface area contributed by atoms with Crippen LogP contribution < -0.4 is 15.5 Å². The number of carbonyl (C=O) groups is 1. The number of rotatable bonds is 7. The third-order valence-corrected chi connectivity index (χ3v) is 6.80. The molecule has 2 aromatic carbocycles. The normalized spacial score (nSPS) is 14.6. The Bertz CT molecular complexity index is 1420. The number of fused-ring (bicyclic) bond motifs is 1. The first-order chi connectivity index (χ1) is 17.9. The molecule has 0 saturated carbocycles. The zero-order valence-electron chi connectivity index (χ0n) is 20.7. The zero-order chi connectivity index (χ0) is 25.9. The number of halogens is 2. The van der Waals surface area contributed by atoms with E-state index in [0.717, 1.165) is 25.9 Å². The number of aromatic nitrogens is 4. The molecule has 1 saturated heterocycles. The van der Waals surface area contributed by atoms with Gasteiger partial charge in [-0.2, -0.15) is 9.97 Å². The van der Waals surface area contributed by atoms with E-state index in [0.29, 0.717) is 46.0 Å². The fourth-order valence-electron chi connectivity index (χ4n) is 4.50. The van der Waals surface area contributed by atoms with Crippen molar-refractivity contribution in [2.75, 3.05) is 48.6 Å². The first-order valence-corrected chi connectivity index (χ1v) is 12.6. The van der Waals surface area contributed by atoms with Crippen molar-refractivity contribution in [1.82, 2.24) is 24.4 Å². The van der Waals surface area contributed by atoms with Crippen LogP contribution in [0.15, 0.2) is 54.9 Å². The Labute approximate surface area is 219 Å². The van der Waals surface area contributed by atoms with Crippen LogP contribution in [0.3, 0.4) is 0 Å². The van der Waals surface area contributed by atoms with Crippen LogP contribution in [0.4, 0.5) is 27.5 Å². The maximum Gasteiger partial charge on any atom is 0.239 e. The Morgan fingerprint density at radius 1 is 1.14 bits per heavy atom. The van der Waals surface area contributed by atoms with Crippen molar-refractivity contribution in [2.45, 2.75) is 18.9 Å². The Hall–Kier alpha value is -3.76. The second kappa shape index (κ2) is 10.7. The molecule has 192 valence electrons. The van der Waals surface area contributed by atoms with Crippen molar-refractivity contribution in [3.05, 3.63) is 60.7 Å². The van der Waals surface area contributed by atoms with Gasteiger partial charge in [0, 0.05) is 24.5 Å². The van der Waals surface area contributed by atoms with Gasteiger partial charge in [0.05, 0.1) is 5.69 Å². The van der Waals surface area contributed by atoms with Crippen LogP contribution in [0.2, 0.25) is 0 Å².